The molecular formula is C14H14BrClN2O. The predicted octanol–water partition coefficient (Wildman–Crippen LogP) is 4.31. The van der Waals surface area contributed by atoms with Crippen molar-refractivity contribution in [1.29, 1.82) is 0 Å². The van der Waals surface area contributed by atoms with Gasteiger partial charge >= 0.3 is 0 Å². The largest absolute Gasteiger partial charge is 0.493 e. The lowest BCUT2D eigenvalue weighted by atomic mass is 10.2. The summed E-state index contributed by atoms with van der Waals surface area (Å²) >= 11 is 9.47. The average Bonchev–Trinajstić information content (AvgIpc) is 2.37. The molecule has 5 heteroatoms. The van der Waals surface area contributed by atoms with Gasteiger partial charge in [-0.1, -0.05) is 29.8 Å². The van der Waals surface area contributed by atoms with Crippen molar-refractivity contribution in [2.24, 2.45) is 0 Å². The minimum atomic E-state index is 0.607. The summed E-state index contributed by atoms with van der Waals surface area (Å²) in [7, 11) is 1.62. The zero-order valence-electron chi connectivity index (χ0n) is 10.4. The molecule has 0 fully saturated rings. The highest BCUT2D eigenvalue weighted by atomic mass is 79.9. The fraction of sp³-hybridized carbons (Fsp3) is 0.143. The van der Waals surface area contributed by atoms with Crippen molar-refractivity contribution in [3.63, 3.8) is 0 Å². The maximum Gasteiger partial charge on any atom is 0.156 e. The fourth-order valence-corrected chi connectivity index (χ4v) is 2.76. The van der Waals surface area contributed by atoms with Crippen molar-refractivity contribution in [2.75, 3.05) is 18.2 Å². The number of nitrogens with two attached hydrogens (primary N) is 1. The summed E-state index contributed by atoms with van der Waals surface area (Å²) in [6.07, 6.45) is 0. The molecule has 2 aromatic rings. The predicted molar refractivity (Wildman–Crippen MR) is 83.9 cm³/mol. The molecule has 3 N–H and O–H groups in total. The van der Waals surface area contributed by atoms with Crippen molar-refractivity contribution in [3.05, 3.63) is 51.5 Å². The van der Waals surface area contributed by atoms with Gasteiger partial charge in [-0.3, -0.25) is 0 Å². The number of ether oxygens (including phenoxy) is 1. The first-order chi connectivity index (χ1) is 9.11. The van der Waals surface area contributed by atoms with E-state index in [1.54, 1.807) is 13.2 Å². The van der Waals surface area contributed by atoms with Gasteiger partial charge in [-0.05, 0) is 39.7 Å². The number of nitrogen functional groups attached to an aromatic ring is 1. The molecule has 0 unspecified atom stereocenters. The van der Waals surface area contributed by atoms with Gasteiger partial charge in [0.15, 0.2) is 5.75 Å². The van der Waals surface area contributed by atoms with E-state index in [-0.39, 0.29) is 0 Å². The summed E-state index contributed by atoms with van der Waals surface area (Å²) in [6, 6.07) is 11.3. The van der Waals surface area contributed by atoms with Crippen molar-refractivity contribution in [3.8, 4) is 5.75 Å². The van der Waals surface area contributed by atoms with Gasteiger partial charge in [0, 0.05) is 17.3 Å². The molecule has 0 amide bonds. The zero-order chi connectivity index (χ0) is 13.8. The Balaban J connectivity index is 2.22. The van der Waals surface area contributed by atoms with Gasteiger partial charge in [0.1, 0.15) is 0 Å². The third-order valence-electron chi connectivity index (χ3n) is 2.74. The van der Waals surface area contributed by atoms with Crippen molar-refractivity contribution in [1.82, 2.24) is 0 Å². The topological polar surface area (TPSA) is 47.3 Å². The Bertz CT molecular complexity index is 590. The Morgan fingerprint density at radius 2 is 2.05 bits per heavy atom. The van der Waals surface area contributed by atoms with Gasteiger partial charge in [-0.15, -0.1) is 0 Å². The van der Waals surface area contributed by atoms with Gasteiger partial charge < -0.3 is 15.8 Å². The van der Waals surface area contributed by atoms with Crippen LogP contribution in [0.1, 0.15) is 5.56 Å². The van der Waals surface area contributed by atoms with E-state index in [2.05, 4.69) is 21.2 Å². The second-order valence-corrected chi connectivity index (χ2v) is 5.31. The Morgan fingerprint density at radius 1 is 1.32 bits per heavy atom. The van der Waals surface area contributed by atoms with Crippen LogP contribution >= 0.6 is 27.5 Å². The molecule has 2 rings (SSSR count). The molecule has 0 atom stereocenters. The van der Waals surface area contributed by atoms with E-state index in [1.807, 2.05) is 30.3 Å². The number of nitrogens with one attached hydrogen (secondary N) is 1. The van der Waals surface area contributed by atoms with Crippen LogP contribution in [0.2, 0.25) is 5.02 Å². The molecule has 19 heavy (non-hydrogen) atoms. The highest BCUT2D eigenvalue weighted by Gasteiger charge is 2.09. The molecule has 3 nitrogen and oxygen atoms in total. The Hall–Kier alpha value is -1.39. The molecule has 0 aromatic heterocycles. The lowest BCUT2D eigenvalue weighted by molar-refractivity contribution is 0.414. The summed E-state index contributed by atoms with van der Waals surface area (Å²) in [5.74, 6) is 0.721. The van der Waals surface area contributed by atoms with Crippen LogP contribution in [0.25, 0.3) is 0 Å². The summed E-state index contributed by atoms with van der Waals surface area (Å²) in [6.45, 7) is 0.607. The minimum Gasteiger partial charge on any atom is -0.493 e. The summed E-state index contributed by atoms with van der Waals surface area (Å²) in [4.78, 5) is 0. The molecule has 0 aliphatic heterocycles. The van der Waals surface area contributed by atoms with Gasteiger partial charge in [0.2, 0.25) is 0 Å². The molecule has 0 radical (unpaired) electrons. The first kappa shape index (κ1) is 14.0. The van der Waals surface area contributed by atoms with E-state index in [4.69, 9.17) is 22.1 Å². The van der Waals surface area contributed by atoms with Crippen LogP contribution in [0.15, 0.2) is 40.9 Å². The molecule has 0 aliphatic rings. The maximum absolute atomic E-state index is 6.04. The van der Waals surface area contributed by atoms with Gasteiger partial charge in [-0.25, -0.2) is 0 Å². The molecule has 0 spiro atoms. The van der Waals surface area contributed by atoms with Crippen LogP contribution in [0.3, 0.4) is 0 Å². The van der Waals surface area contributed by atoms with Crippen molar-refractivity contribution in [2.45, 2.75) is 6.54 Å². The lowest BCUT2D eigenvalue weighted by Crippen LogP contribution is -2.04. The van der Waals surface area contributed by atoms with E-state index in [9.17, 15) is 0 Å². The highest BCUT2D eigenvalue weighted by Crippen LogP contribution is 2.36. The standard InChI is InChI=1S/C14H14BrClN2O/c1-19-14-11(15)6-10(16)7-13(14)18-8-9-4-2-3-5-12(9)17/h2-7,18H,8,17H2,1H3. The van der Waals surface area contributed by atoms with Crippen molar-refractivity contribution >= 4 is 38.9 Å². The van der Waals surface area contributed by atoms with E-state index in [1.165, 1.54) is 0 Å². The van der Waals surface area contributed by atoms with E-state index in [0.717, 1.165) is 27.2 Å². The normalized spacial score (nSPS) is 10.3. The number of halogens is 2. The highest BCUT2D eigenvalue weighted by molar-refractivity contribution is 9.10. The number of hydrogen-bond donors (Lipinski definition) is 2. The first-order valence-electron chi connectivity index (χ1n) is 5.72. The van der Waals surface area contributed by atoms with Crippen LogP contribution in [0.4, 0.5) is 11.4 Å². The number of anilines is 2. The molecule has 0 aliphatic carbocycles. The number of para-hydroxylation sites is 1. The number of rotatable bonds is 4. The number of benzene rings is 2. The molecule has 0 saturated heterocycles. The molecule has 0 saturated carbocycles. The quantitative estimate of drug-likeness (QED) is 0.815. The monoisotopic (exact) mass is 340 g/mol. The maximum atomic E-state index is 6.04. The molecule has 2 aromatic carbocycles. The van der Waals surface area contributed by atoms with E-state index in [0.29, 0.717) is 11.6 Å². The van der Waals surface area contributed by atoms with Gasteiger partial charge in [-0.2, -0.15) is 0 Å². The molecule has 100 valence electrons. The zero-order valence-corrected chi connectivity index (χ0v) is 12.8. The summed E-state index contributed by atoms with van der Waals surface area (Å²) in [5.41, 5.74) is 8.52. The SMILES string of the molecule is COc1c(Br)cc(Cl)cc1NCc1ccccc1N. The summed E-state index contributed by atoms with van der Waals surface area (Å²) < 4.78 is 6.16. The smallest absolute Gasteiger partial charge is 0.156 e. The fourth-order valence-electron chi connectivity index (χ4n) is 1.78. The van der Waals surface area contributed by atoms with Gasteiger partial charge in [0.25, 0.3) is 0 Å². The van der Waals surface area contributed by atoms with Crippen LogP contribution in [0.5, 0.6) is 5.75 Å². The van der Waals surface area contributed by atoms with E-state index < -0.39 is 0 Å². The second kappa shape index (κ2) is 6.17. The lowest BCUT2D eigenvalue weighted by Gasteiger charge is -2.14. The molecule has 0 bridgehead atoms. The molecule has 0 heterocycles. The third-order valence-corrected chi connectivity index (χ3v) is 3.54. The van der Waals surface area contributed by atoms with Crippen LogP contribution in [0, 0.1) is 0 Å². The first-order valence-corrected chi connectivity index (χ1v) is 6.89. The van der Waals surface area contributed by atoms with Gasteiger partial charge in [0.05, 0.1) is 17.3 Å². The van der Waals surface area contributed by atoms with Crippen molar-refractivity contribution < 1.29 is 4.74 Å². The third kappa shape index (κ3) is 3.33. The Labute approximate surface area is 125 Å². The van der Waals surface area contributed by atoms with Crippen LogP contribution in [-0.2, 0) is 6.54 Å². The van der Waals surface area contributed by atoms with Crippen LogP contribution < -0.4 is 15.8 Å². The second-order valence-electron chi connectivity index (χ2n) is 4.02. The average molecular weight is 342 g/mol. The Kier molecular flexibility index (Phi) is 4.56. The Morgan fingerprint density at radius 3 is 2.74 bits per heavy atom. The minimum absolute atomic E-state index is 0.607. The summed E-state index contributed by atoms with van der Waals surface area (Å²) in [5, 5.41) is 3.92. The number of hydrogen-bond acceptors (Lipinski definition) is 3. The molecular weight excluding hydrogens is 328 g/mol. The van der Waals surface area contributed by atoms with E-state index >= 15 is 0 Å². The number of methoxy groups -OCH3 is 1. The van der Waals surface area contributed by atoms with Crippen LogP contribution in [-0.4, -0.2) is 7.11 Å².